The predicted octanol–water partition coefficient (Wildman–Crippen LogP) is 3.75. The number of ether oxygens (including phenoxy) is 2. The zero-order chi connectivity index (χ0) is 22.8. The molecule has 1 saturated carbocycles. The maximum Gasteiger partial charge on any atom is 0.264 e. The second-order valence-electron chi connectivity index (χ2n) is 7.73. The molecule has 0 aromatic heterocycles. The van der Waals surface area contributed by atoms with E-state index < -0.39 is 10.0 Å². The molecule has 1 N–H and O–H groups in total. The van der Waals surface area contributed by atoms with E-state index in [0.717, 1.165) is 17.1 Å². The van der Waals surface area contributed by atoms with Crippen LogP contribution in [0.5, 0.6) is 5.75 Å². The summed E-state index contributed by atoms with van der Waals surface area (Å²) in [5, 5.41) is 2.81. The van der Waals surface area contributed by atoms with Crippen LogP contribution in [0.25, 0.3) is 0 Å². The standard InChI is InChI=1S/C24H32N2O5S/c1-2-30-22-13-15-23(16-14-22)32(28,29)26(20-9-4-3-5-10-20)19-24(27)25-17-8-18-31-21-11-6-7-12-21/h3-5,9-10,13-16,21H,2,6-8,11-12,17-19H2,1H3,(H,25,27). The number of amides is 1. The van der Waals surface area contributed by atoms with Crippen molar-refractivity contribution < 1.29 is 22.7 Å². The van der Waals surface area contributed by atoms with Crippen LogP contribution in [-0.4, -0.2) is 46.7 Å². The van der Waals surface area contributed by atoms with E-state index in [1.165, 1.54) is 25.0 Å². The highest BCUT2D eigenvalue weighted by molar-refractivity contribution is 7.92. The summed E-state index contributed by atoms with van der Waals surface area (Å²) >= 11 is 0. The predicted molar refractivity (Wildman–Crippen MR) is 124 cm³/mol. The van der Waals surface area contributed by atoms with E-state index in [2.05, 4.69) is 5.32 Å². The van der Waals surface area contributed by atoms with Gasteiger partial charge in [-0.15, -0.1) is 0 Å². The molecule has 7 nitrogen and oxygen atoms in total. The lowest BCUT2D eigenvalue weighted by atomic mass is 10.3. The van der Waals surface area contributed by atoms with Gasteiger partial charge in [0.25, 0.3) is 10.0 Å². The molecule has 0 aliphatic heterocycles. The molecular weight excluding hydrogens is 428 g/mol. The highest BCUT2D eigenvalue weighted by Gasteiger charge is 2.27. The minimum atomic E-state index is -3.93. The van der Waals surface area contributed by atoms with Gasteiger partial charge in [0.05, 0.1) is 23.3 Å². The van der Waals surface area contributed by atoms with Crippen LogP contribution in [0.1, 0.15) is 39.0 Å². The second kappa shape index (κ2) is 11.9. The quantitative estimate of drug-likeness (QED) is 0.488. The number of anilines is 1. The fourth-order valence-electron chi connectivity index (χ4n) is 3.70. The number of para-hydroxylation sites is 1. The Labute approximate surface area is 190 Å². The van der Waals surface area contributed by atoms with Crippen molar-refractivity contribution in [2.75, 3.05) is 30.6 Å². The van der Waals surface area contributed by atoms with Gasteiger partial charge in [0, 0.05) is 13.2 Å². The molecule has 32 heavy (non-hydrogen) atoms. The van der Waals surface area contributed by atoms with Crippen molar-refractivity contribution in [3.8, 4) is 5.75 Å². The Balaban J connectivity index is 1.63. The van der Waals surface area contributed by atoms with Crippen molar-refractivity contribution in [3.05, 3.63) is 54.6 Å². The number of carbonyl (C=O) groups is 1. The van der Waals surface area contributed by atoms with Gasteiger partial charge >= 0.3 is 0 Å². The van der Waals surface area contributed by atoms with Crippen LogP contribution in [0.3, 0.4) is 0 Å². The van der Waals surface area contributed by atoms with Gasteiger partial charge in [-0.25, -0.2) is 8.42 Å². The SMILES string of the molecule is CCOc1ccc(S(=O)(=O)N(CC(=O)NCCCOC2CCCC2)c2ccccc2)cc1. The molecule has 0 saturated heterocycles. The number of hydrogen-bond acceptors (Lipinski definition) is 5. The third-order valence-corrected chi connectivity index (χ3v) is 7.14. The monoisotopic (exact) mass is 460 g/mol. The van der Waals surface area contributed by atoms with Crippen molar-refractivity contribution in [3.63, 3.8) is 0 Å². The Morgan fingerprint density at radius 2 is 1.75 bits per heavy atom. The normalized spacial score (nSPS) is 14.3. The Morgan fingerprint density at radius 1 is 1.06 bits per heavy atom. The summed E-state index contributed by atoms with van der Waals surface area (Å²) in [6.07, 6.45) is 5.71. The summed E-state index contributed by atoms with van der Waals surface area (Å²) in [4.78, 5) is 12.7. The smallest absolute Gasteiger partial charge is 0.264 e. The Morgan fingerprint density at radius 3 is 2.41 bits per heavy atom. The number of hydrogen-bond donors (Lipinski definition) is 1. The van der Waals surface area contributed by atoms with Crippen LogP contribution in [-0.2, 0) is 19.6 Å². The van der Waals surface area contributed by atoms with Crippen molar-refractivity contribution >= 4 is 21.6 Å². The molecule has 0 atom stereocenters. The fourth-order valence-corrected chi connectivity index (χ4v) is 5.12. The van der Waals surface area contributed by atoms with Crippen LogP contribution in [0.4, 0.5) is 5.69 Å². The van der Waals surface area contributed by atoms with Gasteiger partial charge < -0.3 is 14.8 Å². The molecule has 2 aromatic rings. The molecule has 8 heteroatoms. The van der Waals surface area contributed by atoms with E-state index in [0.29, 0.717) is 43.7 Å². The van der Waals surface area contributed by atoms with E-state index in [4.69, 9.17) is 9.47 Å². The molecule has 1 amide bonds. The molecule has 2 aromatic carbocycles. The zero-order valence-electron chi connectivity index (χ0n) is 18.5. The van der Waals surface area contributed by atoms with Crippen molar-refractivity contribution in [2.24, 2.45) is 0 Å². The first-order valence-electron chi connectivity index (χ1n) is 11.2. The zero-order valence-corrected chi connectivity index (χ0v) is 19.4. The van der Waals surface area contributed by atoms with Gasteiger partial charge in [-0.1, -0.05) is 31.0 Å². The molecular formula is C24H32N2O5S. The molecule has 3 rings (SSSR count). The topological polar surface area (TPSA) is 84.9 Å². The van der Waals surface area contributed by atoms with Gasteiger partial charge in [-0.2, -0.15) is 0 Å². The van der Waals surface area contributed by atoms with E-state index >= 15 is 0 Å². The summed E-state index contributed by atoms with van der Waals surface area (Å²) in [5.74, 6) is 0.236. The molecule has 1 fully saturated rings. The summed E-state index contributed by atoms with van der Waals surface area (Å²) < 4.78 is 39.0. The molecule has 0 heterocycles. The summed E-state index contributed by atoms with van der Waals surface area (Å²) in [5.41, 5.74) is 0.432. The van der Waals surface area contributed by atoms with Gasteiger partial charge in [0.15, 0.2) is 0 Å². The van der Waals surface area contributed by atoms with Crippen molar-refractivity contribution in [2.45, 2.75) is 50.0 Å². The minimum Gasteiger partial charge on any atom is -0.494 e. The highest BCUT2D eigenvalue weighted by Crippen LogP contribution is 2.25. The second-order valence-corrected chi connectivity index (χ2v) is 9.59. The van der Waals surface area contributed by atoms with Gasteiger partial charge in [0.1, 0.15) is 12.3 Å². The highest BCUT2D eigenvalue weighted by atomic mass is 32.2. The average Bonchev–Trinajstić information content (AvgIpc) is 3.32. The van der Waals surface area contributed by atoms with Crippen LogP contribution in [0.15, 0.2) is 59.5 Å². The van der Waals surface area contributed by atoms with E-state index in [9.17, 15) is 13.2 Å². The van der Waals surface area contributed by atoms with Gasteiger partial charge in [-0.05, 0) is 62.6 Å². The molecule has 0 radical (unpaired) electrons. The third-order valence-electron chi connectivity index (χ3n) is 5.35. The van der Waals surface area contributed by atoms with Gasteiger partial charge in [-0.3, -0.25) is 9.10 Å². The fraction of sp³-hybridized carbons (Fsp3) is 0.458. The largest absolute Gasteiger partial charge is 0.494 e. The molecule has 1 aliphatic carbocycles. The number of sulfonamides is 1. The molecule has 0 bridgehead atoms. The molecule has 174 valence electrons. The Kier molecular flexibility index (Phi) is 8.93. The van der Waals surface area contributed by atoms with Crippen LogP contribution in [0.2, 0.25) is 0 Å². The van der Waals surface area contributed by atoms with E-state index in [-0.39, 0.29) is 17.3 Å². The van der Waals surface area contributed by atoms with Crippen molar-refractivity contribution in [1.82, 2.24) is 5.32 Å². The van der Waals surface area contributed by atoms with Crippen LogP contribution >= 0.6 is 0 Å². The van der Waals surface area contributed by atoms with Gasteiger partial charge in [0.2, 0.25) is 5.91 Å². The first kappa shape index (κ1) is 24.1. The molecule has 1 aliphatic rings. The van der Waals surface area contributed by atoms with E-state index in [1.54, 1.807) is 42.5 Å². The lowest BCUT2D eigenvalue weighted by molar-refractivity contribution is -0.119. The summed E-state index contributed by atoms with van der Waals surface area (Å²) in [7, 11) is -3.93. The van der Waals surface area contributed by atoms with Crippen LogP contribution < -0.4 is 14.4 Å². The maximum atomic E-state index is 13.3. The number of rotatable bonds is 12. The Bertz CT molecular complexity index is 942. The third kappa shape index (κ3) is 6.71. The summed E-state index contributed by atoms with van der Waals surface area (Å²) in [6, 6.07) is 14.9. The molecule has 0 spiro atoms. The maximum absolute atomic E-state index is 13.3. The number of nitrogens with zero attached hydrogens (tertiary/aromatic N) is 1. The van der Waals surface area contributed by atoms with Crippen LogP contribution in [0, 0.1) is 0 Å². The lowest BCUT2D eigenvalue weighted by Crippen LogP contribution is -2.41. The first-order valence-corrected chi connectivity index (χ1v) is 12.6. The average molecular weight is 461 g/mol. The first-order chi connectivity index (χ1) is 15.5. The minimum absolute atomic E-state index is 0.0996. The van der Waals surface area contributed by atoms with Crippen molar-refractivity contribution in [1.29, 1.82) is 0 Å². The molecule has 0 unspecified atom stereocenters. The summed E-state index contributed by atoms with van der Waals surface area (Å²) in [6.45, 7) is 3.09. The lowest BCUT2D eigenvalue weighted by Gasteiger charge is -2.24. The number of benzene rings is 2. The number of nitrogens with one attached hydrogen (secondary N) is 1. The Hall–Kier alpha value is -2.58. The number of carbonyl (C=O) groups excluding carboxylic acids is 1. The van der Waals surface area contributed by atoms with E-state index in [1.807, 2.05) is 6.92 Å².